The molecule has 0 radical (unpaired) electrons. The van der Waals surface area contributed by atoms with Gasteiger partial charge in [-0.05, 0) is 24.3 Å². The fraction of sp³-hybridized carbons (Fsp3) is 0.300. The molecule has 2 aromatic heterocycles. The van der Waals surface area contributed by atoms with E-state index in [0.717, 1.165) is 18.9 Å². The van der Waals surface area contributed by atoms with Crippen LogP contribution in [0, 0.1) is 0 Å². The monoisotopic (exact) mass is 397 g/mol. The van der Waals surface area contributed by atoms with Crippen LogP contribution < -0.4 is 4.90 Å². The lowest BCUT2D eigenvalue weighted by molar-refractivity contribution is -0.131. The summed E-state index contributed by atoms with van der Waals surface area (Å²) in [5.41, 5.74) is 0.694. The van der Waals surface area contributed by atoms with Crippen molar-refractivity contribution in [2.75, 3.05) is 31.1 Å². The second-order valence-electron chi connectivity index (χ2n) is 6.54. The number of amides is 1. The number of hydrogen-bond donors (Lipinski definition) is 0. The van der Waals surface area contributed by atoms with Crippen molar-refractivity contribution in [1.82, 2.24) is 20.1 Å². The zero-order chi connectivity index (χ0) is 19.3. The Balaban J connectivity index is 1.29. The van der Waals surface area contributed by atoms with Crippen LogP contribution in [-0.2, 0) is 11.2 Å². The Morgan fingerprint density at radius 1 is 1.04 bits per heavy atom. The number of piperazine rings is 1. The van der Waals surface area contributed by atoms with Crippen LogP contribution in [0.15, 0.2) is 53.1 Å². The van der Waals surface area contributed by atoms with Gasteiger partial charge in [-0.1, -0.05) is 29.8 Å². The topological polar surface area (TPSA) is 75.4 Å². The summed E-state index contributed by atoms with van der Waals surface area (Å²) in [4.78, 5) is 21.0. The fourth-order valence-electron chi connectivity index (χ4n) is 3.20. The molecule has 144 valence electrons. The van der Waals surface area contributed by atoms with E-state index in [1.165, 1.54) is 0 Å². The molecule has 8 heteroatoms. The van der Waals surface area contributed by atoms with Crippen LogP contribution in [0.1, 0.15) is 12.3 Å². The molecular weight excluding hydrogens is 378 g/mol. The highest BCUT2D eigenvalue weighted by Crippen LogP contribution is 2.26. The lowest BCUT2D eigenvalue weighted by atomic mass is 10.2. The van der Waals surface area contributed by atoms with Gasteiger partial charge in [-0.15, -0.1) is 10.2 Å². The van der Waals surface area contributed by atoms with Crippen LogP contribution in [0.25, 0.3) is 11.5 Å². The van der Waals surface area contributed by atoms with E-state index in [0.29, 0.717) is 48.3 Å². The first-order valence-electron chi connectivity index (χ1n) is 9.22. The maximum Gasteiger partial charge on any atom is 0.249 e. The van der Waals surface area contributed by atoms with Gasteiger partial charge < -0.3 is 14.2 Å². The molecule has 1 fully saturated rings. The van der Waals surface area contributed by atoms with Gasteiger partial charge in [-0.25, -0.2) is 4.98 Å². The predicted molar refractivity (Wildman–Crippen MR) is 106 cm³/mol. The summed E-state index contributed by atoms with van der Waals surface area (Å²) in [5, 5.41) is 8.64. The molecule has 1 amide bonds. The predicted octanol–water partition coefficient (Wildman–Crippen LogP) is 3.07. The number of pyridine rings is 1. The number of carbonyl (C=O) groups excluding carboxylic acids is 1. The molecule has 1 aliphatic rings. The highest BCUT2D eigenvalue weighted by atomic mass is 35.5. The lowest BCUT2D eigenvalue weighted by Gasteiger charge is -2.35. The molecule has 1 aromatic carbocycles. The zero-order valence-corrected chi connectivity index (χ0v) is 16.0. The number of rotatable bonds is 5. The van der Waals surface area contributed by atoms with E-state index in [-0.39, 0.29) is 5.91 Å². The Morgan fingerprint density at radius 2 is 1.82 bits per heavy atom. The van der Waals surface area contributed by atoms with Crippen LogP contribution >= 0.6 is 11.6 Å². The van der Waals surface area contributed by atoms with Crippen molar-refractivity contribution in [2.45, 2.75) is 12.8 Å². The largest absolute Gasteiger partial charge is 0.421 e. The van der Waals surface area contributed by atoms with E-state index in [1.807, 2.05) is 41.3 Å². The SMILES string of the molecule is O=C(CCc1nnc(-c2ccccc2Cl)o1)N1CCN(c2ccccn2)CC1. The number of benzene rings is 1. The number of anilines is 1. The third-order valence-electron chi connectivity index (χ3n) is 4.73. The number of aromatic nitrogens is 3. The number of halogens is 1. The van der Waals surface area contributed by atoms with E-state index in [2.05, 4.69) is 20.1 Å². The standard InChI is InChI=1S/C20H20ClN5O2/c21-16-6-2-1-5-15(16)20-24-23-18(28-20)8-9-19(27)26-13-11-25(12-14-26)17-7-3-4-10-22-17/h1-7,10H,8-9,11-14H2. The van der Waals surface area contributed by atoms with Crippen LogP contribution in [0.4, 0.5) is 5.82 Å². The Kier molecular flexibility index (Phi) is 5.53. The summed E-state index contributed by atoms with van der Waals surface area (Å²) in [5.74, 6) is 1.86. The Bertz CT molecular complexity index is 939. The van der Waals surface area contributed by atoms with Crippen molar-refractivity contribution >= 4 is 23.3 Å². The first-order chi connectivity index (χ1) is 13.7. The third kappa shape index (κ3) is 4.14. The average Bonchev–Trinajstić information content (AvgIpc) is 3.22. The second-order valence-corrected chi connectivity index (χ2v) is 6.94. The average molecular weight is 398 g/mol. The molecule has 7 nitrogen and oxygen atoms in total. The summed E-state index contributed by atoms with van der Waals surface area (Å²) in [6.07, 6.45) is 2.54. The van der Waals surface area contributed by atoms with Gasteiger partial charge >= 0.3 is 0 Å². The molecular formula is C20H20ClN5O2. The summed E-state index contributed by atoms with van der Waals surface area (Å²) in [6.45, 7) is 2.92. The molecule has 0 spiro atoms. The summed E-state index contributed by atoms with van der Waals surface area (Å²) < 4.78 is 5.67. The van der Waals surface area contributed by atoms with Gasteiger partial charge in [0.1, 0.15) is 5.82 Å². The molecule has 0 saturated carbocycles. The summed E-state index contributed by atoms with van der Waals surface area (Å²) in [7, 11) is 0. The van der Waals surface area contributed by atoms with Crippen LogP contribution in [0.5, 0.6) is 0 Å². The van der Waals surface area contributed by atoms with E-state index in [1.54, 1.807) is 12.3 Å². The van der Waals surface area contributed by atoms with Gasteiger partial charge in [0.15, 0.2) is 0 Å². The molecule has 0 unspecified atom stereocenters. The van der Waals surface area contributed by atoms with Crippen molar-refractivity contribution in [3.05, 3.63) is 59.6 Å². The first kappa shape index (κ1) is 18.4. The Morgan fingerprint density at radius 3 is 2.57 bits per heavy atom. The minimum absolute atomic E-state index is 0.0955. The van der Waals surface area contributed by atoms with E-state index < -0.39 is 0 Å². The molecule has 0 bridgehead atoms. The number of aryl methyl sites for hydroxylation is 1. The maximum atomic E-state index is 12.5. The van der Waals surface area contributed by atoms with Gasteiger partial charge in [0.25, 0.3) is 0 Å². The highest BCUT2D eigenvalue weighted by Gasteiger charge is 2.22. The van der Waals surface area contributed by atoms with Gasteiger partial charge in [0.05, 0.1) is 10.6 Å². The fourth-order valence-corrected chi connectivity index (χ4v) is 3.41. The number of carbonyl (C=O) groups is 1. The number of hydrogen-bond acceptors (Lipinski definition) is 6. The van der Waals surface area contributed by atoms with E-state index in [9.17, 15) is 4.79 Å². The maximum absolute atomic E-state index is 12.5. The third-order valence-corrected chi connectivity index (χ3v) is 5.06. The smallest absolute Gasteiger partial charge is 0.249 e. The summed E-state index contributed by atoms with van der Waals surface area (Å²) in [6, 6.07) is 13.2. The van der Waals surface area contributed by atoms with E-state index >= 15 is 0 Å². The molecule has 3 heterocycles. The molecule has 0 N–H and O–H groups in total. The zero-order valence-electron chi connectivity index (χ0n) is 15.3. The summed E-state index contributed by atoms with van der Waals surface area (Å²) >= 11 is 6.16. The molecule has 1 aliphatic heterocycles. The van der Waals surface area contributed by atoms with Crippen molar-refractivity contribution in [1.29, 1.82) is 0 Å². The second kappa shape index (κ2) is 8.39. The minimum Gasteiger partial charge on any atom is -0.421 e. The Labute approximate surface area is 168 Å². The van der Waals surface area contributed by atoms with Crippen LogP contribution in [-0.4, -0.2) is 52.2 Å². The highest BCUT2D eigenvalue weighted by molar-refractivity contribution is 6.33. The molecule has 3 aromatic rings. The number of nitrogens with zero attached hydrogens (tertiary/aromatic N) is 5. The molecule has 1 saturated heterocycles. The van der Waals surface area contributed by atoms with Crippen LogP contribution in [0.2, 0.25) is 5.02 Å². The molecule has 0 aliphatic carbocycles. The first-order valence-corrected chi connectivity index (χ1v) is 9.59. The molecule has 0 atom stereocenters. The van der Waals surface area contributed by atoms with Gasteiger partial charge in [-0.2, -0.15) is 0 Å². The van der Waals surface area contributed by atoms with Crippen molar-refractivity contribution in [2.24, 2.45) is 0 Å². The van der Waals surface area contributed by atoms with Gasteiger partial charge in [0.2, 0.25) is 17.7 Å². The quantitative estimate of drug-likeness (QED) is 0.658. The molecule has 4 rings (SSSR count). The van der Waals surface area contributed by atoms with Crippen molar-refractivity contribution in [3.63, 3.8) is 0 Å². The van der Waals surface area contributed by atoms with Crippen LogP contribution in [0.3, 0.4) is 0 Å². The Hall–Kier alpha value is -2.93. The van der Waals surface area contributed by atoms with Crippen molar-refractivity contribution in [3.8, 4) is 11.5 Å². The molecule has 28 heavy (non-hydrogen) atoms. The minimum atomic E-state index is 0.0955. The normalized spacial score (nSPS) is 14.3. The van der Waals surface area contributed by atoms with E-state index in [4.69, 9.17) is 16.0 Å². The lowest BCUT2D eigenvalue weighted by Crippen LogP contribution is -2.49. The van der Waals surface area contributed by atoms with Gasteiger partial charge in [0, 0.05) is 45.2 Å². The van der Waals surface area contributed by atoms with Gasteiger partial charge in [-0.3, -0.25) is 4.79 Å². The van der Waals surface area contributed by atoms with Crippen molar-refractivity contribution < 1.29 is 9.21 Å².